The molecule has 45 heavy (non-hydrogen) atoms. The molecular formula is C33H48N2O10. The number of nitrogen functional groups attached to an aromatic ring is 1. The number of carbonyl (C=O) groups excluding carboxylic acids is 1. The van der Waals surface area contributed by atoms with E-state index in [-0.39, 0.29) is 37.9 Å². The monoisotopic (exact) mass is 632 g/mol. The van der Waals surface area contributed by atoms with E-state index in [9.17, 15) is 19.2 Å². The molecule has 0 radical (unpaired) electrons. The van der Waals surface area contributed by atoms with Gasteiger partial charge in [-0.15, -0.1) is 0 Å². The maximum Gasteiger partial charge on any atom is 0.505 e. The average Bonchev–Trinajstić information content (AvgIpc) is 3.31. The van der Waals surface area contributed by atoms with Gasteiger partial charge >= 0.3 is 24.1 Å². The van der Waals surface area contributed by atoms with E-state index in [2.05, 4.69) is 0 Å². The second kappa shape index (κ2) is 23.3. The Hall–Kier alpha value is -4.16. The number of hydrogen-bond donors (Lipinski definition) is 6. The fraction of sp³-hybridized carbons (Fsp3) is 0.515. The van der Waals surface area contributed by atoms with Crippen LogP contribution in [-0.2, 0) is 23.9 Å². The van der Waals surface area contributed by atoms with Gasteiger partial charge in [0.1, 0.15) is 6.61 Å². The summed E-state index contributed by atoms with van der Waals surface area (Å²) in [4.78, 5) is 41.9. The number of fused-ring (bicyclic) bond motifs is 3. The van der Waals surface area contributed by atoms with Crippen molar-refractivity contribution in [2.45, 2.75) is 83.0 Å². The van der Waals surface area contributed by atoms with Crippen LogP contribution in [0.2, 0.25) is 0 Å². The molecule has 250 valence electrons. The summed E-state index contributed by atoms with van der Waals surface area (Å²) in [5, 5.41) is 33.5. The number of ether oxygens (including phenoxy) is 2. The fourth-order valence-corrected chi connectivity index (χ4v) is 4.63. The van der Waals surface area contributed by atoms with E-state index in [0.717, 1.165) is 60.8 Å². The van der Waals surface area contributed by atoms with Gasteiger partial charge in [0.15, 0.2) is 0 Å². The number of aliphatic hydroxyl groups excluding tert-OH is 1. The van der Waals surface area contributed by atoms with Crippen LogP contribution in [0.4, 0.5) is 10.5 Å². The molecule has 1 atom stereocenters. The molecule has 12 heteroatoms. The average molecular weight is 633 g/mol. The first kappa shape index (κ1) is 38.9. The number of esters is 1. The van der Waals surface area contributed by atoms with Crippen LogP contribution in [0.15, 0.2) is 42.5 Å². The summed E-state index contributed by atoms with van der Waals surface area (Å²) in [7, 11) is 0. The Morgan fingerprint density at radius 2 is 1.29 bits per heavy atom. The number of carbonyl (C=O) groups is 4. The van der Waals surface area contributed by atoms with Crippen LogP contribution in [0.5, 0.6) is 0 Å². The highest BCUT2D eigenvalue weighted by Crippen LogP contribution is 2.45. The molecule has 0 bridgehead atoms. The number of benzene rings is 2. The zero-order chi connectivity index (χ0) is 33.5. The van der Waals surface area contributed by atoms with Gasteiger partial charge in [-0.2, -0.15) is 0 Å². The highest BCUT2D eigenvalue weighted by Gasteiger charge is 2.29. The van der Waals surface area contributed by atoms with Gasteiger partial charge in [0.05, 0.1) is 6.61 Å². The molecule has 3 rings (SSSR count). The summed E-state index contributed by atoms with van der Waals surface area (Å²) in [6.07, 6.45) is 6.71. The summed E-state index contributed by atoms with van der Waals surface area (Å²) >= 11 is 0. The first-order valence-electron chi connectivity index (χ1n) is 15.3. The van der Waals surface area contributed by atoms with Crippen molar-refractivity contribution in [3.63, 3.8) is 0 Å². The quantitative estimate of drug-likeness (QED) is 0.0691. The third kappa shape index (κ3) is 17.1. The second-order valence-corrected chi connectivity index (χ2v) is 10.5. The van der Waals surface area contributed by atoms with Crippen molar-refractivity contribution in [2.75, 3.05) is 32.1 Å². The molecule has 1 unspecified atom stereocenters. The highest BCUT2D eigenvalue weighted by atomic mass is 16.7. The van der Waals surface area contributed by atoms with Crippen LogP contribution in [0, 0.1) is 0 Å². The van der Waals surface area contributed by atoms with Crippen LogP contribution in [-0.4, -0.2) is 70.9 Å². The largest absolute Gasteiger partial charge is 0.505 e. The number of aliphatic carboxylic acids is 2. The normalized spacial score (nSPS) is 12.4. The molecule has 0 spiro atoms. The number of rotatable bonds is 18. The van der Waals surface area contributed by atoms with E-state index in [1.165, 1.54) is 0 Å². The molecule has 0 saturated carbocycles. The fourth-order valence-electron chi connectivity index (χ4n) is 4.63. The van der Waals surface area contributed by atoms with Gasteiger partial charge in [-0.25, -0.2) is 4.79 Å². The Morgan fingerprint density at radius 3 is 1.91 bits per heavy atom. The van der Waals surface area contributed by atoms with Gasteiger partial charge in [0, 0.05) is 37.5 Å². The molecule has 0 saturated heterocycles. The zero-order valence-electron chi connectivity index (χ0n) is 25.8. The van der Waals surface area contributed by atoms with Crippen LogP contribution in [0.3, 0.4) is 0 Å². The molecule has 8 N–H and O–H groups in total. The zero-order valence-corrected chi connectivity index (χ0v) is 25.8. The van der Waals surface area contributed by atoms with Crippen molar-refractivity contribution in [3.8, 4) is 11.1 Å². The molecule has 0 heterocycles. The van der Waals surface area contributed by atoms with Crippen molar-refractivity contribution in [1.29, 1.82) is 0 Å². The summed E-state index contributed by atoms with van der Waals surface area (Å²) in [5.74, 6) is -1.78. The molecule has 2 aromatic carbocycles. The predicted octanol–water partition coefficient (Wildman–Crippen LogP) is 5.39. The van der Waals surface area contributed by atoms with E-state index in [0.29, 0.717) is 44.5 Å². The molecule has 2 aromatic rings. The van der Waals surface area contributed by atoms with E-state index in [1.807, 2.05) is 42.5 Å². The topological polar surface area (TPSA) is 220 Å². The summed E-state index contributed by atoms with van der Waals surface area (Å²) in [6.45, 7) is 1.34. The number of aliphatic hydroxyl groups is 1. The summed E-state index contributed by atoms with van der Waals surface area (Å²) in [6, 6.07) is 13.7. The minimum Gasteiger partial charge on any atom is -0.481 e. The Kier molecular flexibility index (Phi) is 20.1. The van der Waals surface area contributed by atoms with Crippen molar-refractivity contribution < 1.29 is 49.1 Å². The summed E-state index contributed by atoms with van der Waals surface area (Å²) in [5.41, 5.74) is 16.2. The Morgan fingerprint density at radius 1 is 0.689 bits per heavy atom. The minimum absolute atomic E-state index is 0.0780. The summed E-state index contributed by atoms with van der Waals surface area (Å²) < 4.78 is 9.77. The Bertz CT molecular complexity index is 1190. The number of hydrogen-bond acceptors (Lipinski definition) is 9. The third-order valence-corrected chi connectivity index (χ3v) is 6.88. The highest BCUT2D eigenvalue weighted by molar-refractivity contribution is 5.80. The number of unbranched alkanes of at least 4 members (excludes halogenated alkanes) is 6. The van der Waals surface area contributed by atoms with Gasteiger partial charge in [0.25, 0.3) is 0 Å². The van der Waals surface area contributed by atoms with Gasteiger partial charge in [0.2, 0.25) is 0 Å². The molecular weight excluding hydrogens is 584 g/mol. The molecule has 0 aromatic heterocycles. The van der Waals surface area contributed by atoms with Crippen LogP contribution in [0.1, 0.15) is 94.1 Å². The minimum atomic E-state index is -1.25. The number of carboxylic acids is 2. The van der Waals surface area contributed by atoms with Gasteiger partial charge in [-0.05, 0) is 85.9 Å². The van der Waals surface area contributed by atoms with E-state index in [4.69, 9.17) is 41.4 Å². The molecule has 0 aliphatic heterocycles. The van der Waals surface area contributed by atoms with Gasteiger partial charge in [-0.1, -0.05) is 43.2 Å². The smallest absolute Gasteiger partial charge is 0.481 e. The maximum absolute atomic E-state index is 11.2. The maximum atomic E-state index is 11.2. The lowest BCUT2D eigenvalue weighted by Crippen LogP contribution is -2.10. The second-order valence-electron chi connectivity index (χ2n) is 10.5. The van der Waals surface area contributed by atoms with Crippen LogP contribution in [0.25, 0.3) is 11.1 Å². The molecule has 1 aliphatic carbocycles. The van der Waals surface area contributed by atoms with E-state index >= 15 is 0 Å². The van der Waals surface area contributed by atoms with Crippen LogP contribution >= 0.6 is 0 Å². The predicted molar refractivity (Wildman–Crippen MR) is 170 cm³/mol. The van der Waals surface area contributed by atoms with Crippen molar-refractivity contribution in [1.82, 2.24) is 0 Å². The Balaban J connectivity index is 0.000000360. The van der Waals surface area contributed by atoms with E-state index < -0.39 is 18.1 Å². The van der Waals surface area contributed by atoms with Crippen LogP contribution < -0.4 is 11.5 Å². The van der Waals surface area contributed by atoms with Crippen molar-refractivity contribution in [3.05, 3.63) is 53.6 Å². The third-order valence-electron chi connectivity index (χ3n) is 6.88. The molecule has 1 aliphatic rings. The Labute approximate surface area is 264 Å². The first-order chi connectivity index (χ1) is 21.6. The molecule has 0 amide bonds. The van der Waals surface area contributed by atoms with Crippen molar-refractivity contribution in [2.24, 2.45) is 5.73 Å². The van der Waals surface area contributed by atoms with Gasteiger partial charge in [-0.3, -0.25) is 14.4 Å². The standard InChI is InChI=1S/C15H13NO3.C12H23NO4.C6H12O3/c16-9-5-6-12-10-3-1-2-4-11(10)14(13(12)7-9)8-19-15(17)18;13-9-5-1-4-8-12(16)17-10-6-2-3-7-11(14)15;7-5-3-1-2-4-6(8)9/h1-7,14H,8,16H2,(H,17,18);1-10,13H2,(H,14,15);7H,1-5H2,(H,8,9). The lowest BCUT2D eigenvalue weighted by Gasteiger charge is -2.12. The lowest BCUT2D eigenvalue weighted by molar-refractivity contribution is -0.144. The SMILES string of the molecule is NCCCCCC(=O)OCCCCCC(=O)O.Nc1ccc2c(c1)C(COC(=O)O)c1ccccc1-2.O=C(O)CCCCCO. The van der Waals surface area contributed by atoms with Crippen molar-refractivity contribution >= 4 is 29.8 Å². The number of nitrogens with two attached hydrogens (primary N) is 2. The first-order valence-corrected chi connectivity index (χ1v) is 15.3. The van der Waals surface area contributed by atoms with Gasteiger partial charge < -0.3 is 41.4 Å². The number of anilines is 1. The lowest BCUT2D eigenvalue weighted by atomic mass is 9.98. The van der Waals surface area contributed by atoms with E-state index in [1.54, 1.807) is 0 Å². The molecule has 0 fully saturated rings. The molecule has 12 nitrogen and oxygen atoms in total. The number of carboxylic acid groups (broad SMARTS) is 3.